The molecule has 3 aromatic rings. The number of hydrogen-bond donors (Lipinski definition) is 2. The van der Waals surface area contributed by atoms with Gasteiger partial charge in [-0.2, -0.15) is 4.98 Å². The molecule has 1 aromatic heterocycles. The van der Waals surface area contributed by atoms with E-state index in [1.165, 1.54) is 6.07 Å². The third kappa shape index (κ3) is 5.80. The molecule has 2 aromatic carbocycles. The van der Waals surface area contributed by atoms with Gasteiger partial charge in [0.1, 0.15) is 5.75 Å². The molecular formula is C24H28FN5O4S. The van der Waals surface area contributed by atoms with Crippen LogP contribution in [0.4, 0.5) is 33.2 Å². The van der Waals surface area contributed by atoms with Crippen LogP contribution in [0.1, 0.15) is 13.8 Å². The summed E-state index contributed by atoms with van der Waals surface area (Å²) >= 11 is 0. The number of aromatic nitrogens is 2. The molecule has 0 bridgehead atoms. The molecule has 1 aliphatic heterocycles. The summed E-state index contributed by atoms with van der Waals surface area (Å²) in [6.45, 7) is 6.84. The summed E-state index contributed by atoms with van der Waals surface area (Å²) in [7, 11) is -3.52. The minimum absolute atomic E-state index is 0.0763. The predicted octanol–water partition coefficient (Wildman–Crippen LogP) is 4.13. The number of hydrogen-bond acceptors (Lipinski definition) is 9. The molecule has 0 aliphatic carbocycles. The van der Waals surface area contributed by atoms with Crippen molar-refractivity contribution >= 4 is 38.7 Å². The Balaban J connectivity index is 1.60. The zero-order valence-electron chi connectivity index (χ0n) is 19.6. The molecule has 0 unspecified atom stereocenters. The van der Waals surface area contributed by atoms with E-state index in [0.29, 0.717) is 31.3 Å². The molecule has 0 amide bonds. The first-order chi connectivity index (χ1) is 16.9. The van der Waals surface area contributed by atoms with Crippen molar-refractivity contribution < 1.29 is 22.3 Å². The molecule has 35 heavy (non-hydrogen) atoms. The van der Waals surface area contributed by atoms with E-state index in [-0.39, 0.29) is 28.1 Å². The van der Waals surface area contributed by atoms with Crippen molar-refractivity contribution in [2.24, 2.45) is 0 Å². The second-order valence-electron chi connectivity index (χ2n) is 7.75. The Labute approximate surface area is 204 Å². The van der Waals surface area contributed by atoms with Gasteiger partial charge in [-0.3, -0.25) is 0 Å². The molecule has 2 heterocycles. The molecule has 1 saturated heterocycles. The van der Waals surface area contributed by atoms with Crippen molar-refractivity contribution in [2.75, 3.05) is 54.2 Å². The zero-order chi connectivity index (χ0) is 24.8. The molecule has 0 radical (unpaired) electrons. The summed E-state index contributed by atoms with van der Waals surface area (Å²) in [4.78, 5) is 10.6. The van der Waals surface area contributed by atoms with E-state index >= 15 is 0 Å². The Hall–Kier alpha value is -3.44. The number of morpholine rings is 1. The highest BCUT2D eigenvalue weighted by atomic mass is 32.2. The maximum atomic E-state index is 14.6. The minimum atomic E-state index is -3.52. The monoisotopic (exact) mass is 501 g/mol. The second kappa shape index (κ2) is 10.9. The average molecular weight is 502 g/mol. The van der Waals surface area contributed by atoms with E-state index in [0.717, 1.165) is 25.0 Å². The van der Waals surface area contributed by atoms with Crippen LogP contribution in [0.15, 0.2) is 53.6 Å². The van der Waals surface area contributed by atoms with E-state index in [1.54, 1.807) is 25.1 Å². The van der Waals surface area contributed by atoms with Crippen LogP contribution in [0.3, 0.4) is 0 Å². The van der Waals surface area contributed by atoms with Crippen LogP contribution in [-0.4, -0.2) is 57.0 Å². The van der Waals surface area contributed by atoms with Crippen LogP contribution in [0.2, 0.25) is 0 Å². The summed E-state index contributed by atoms with van der Waals surface area (Å²) in [6.07, 6.45) is 1.02. The zero-order valence-corrected chi connectivity index (χ0v) is 20.4. The summed E-state index contributed by atoms with van der Waals surface area (Å²) < 4.78 is 50.7. The number of rotatable bonds is 9. The normalized spacial score (nSPS) is 14.0. The highest BCUT2D eigenvalue weighted by molar-refractivity contribution is 7.91. The predicted molar refractivity (Wildman–Crippen MR) is 133 cm³/mol. The van der Waals surface area contributed by atoms with Gasteiger partial charge in [-0.25, -0.2) is 17.8 Å². The van der Waals surface area contributed by atoms with Crippen LogP contribution in [0, 0.1) is 5.82 Å². The minimum Gasteiger partial charge on any atom is -0.492 e. The molecule has 1 fully saturated rings. The summed E-state index contributed by atoms with van der Waals surface area (Å²) in [5.74, 6) is -0.204. The fraction of sp³-hybridized carbons (Fsp3) is 0.333. The van der Waals surface area contributed by atoms with Crippen molar-refractivity contribution in [3.63, 3.8) is 0 Å². The Morgan fingerprint density at radius 1 is 1.09 bits per heavy atom. The Kier molecular flexibility index (Phi) is 7.67. The number of anilines is 5. The molecule has 2 N–H and O–H groups in total. The molecule has 9 nitrogen and oxygen atoms in total. The van der Waals surface area contributed by atoms with Crippen molar-refractivity contribution in [3.8, 4) is 5.75 Å². The van der Waals surface area contributed by atoms with Gasteiger partial charge in [0.05, 0.1) is 48.0 Å². The smallest absolute Gasteiger partial charge is 0.229 e. The first-order valence-corrected chi connectivity index (χ1v) is 13.0. The first kappa shape index (κ1) is 24.7. The maximum absolute atomic E-state index is 14.6. The van der Waals surface area contributed by atoms with Gasteiger partial charge in [-0.15, -0.1) is 0 Å². The fourth-order valence-electron chi connectivity index (χ4n) is 3.67. The molecule has 0 saturated carbocycles. The van der Waals surface area contributed by atoms with E-state index in [1.807, 2.05) is 25.1 Å². The lowest BCUT2D eigenvalue weighted by molar-refractivity contribution is 0.122. The van der Waals surface area contributed by atoms with Crippen LogP contribution < -0.4 is 20.3 Å². The fourth-order valence-corrected chi connectivity index (χ4v) is 4.72. The number of ether oxygens (including phenoxy) is 2. The van der Waals surface area contributed by atoms with Crippen LogP contribution in [0.5, 0.6) is 5.75 Å². The van der Waals surface area contributed by atoms with Gasteiger partial charge >= 0.3 is 0 Å². The van der Waals surface area contributed by atoms with Crippen LogP contribution in [-0.2, 0) is 14.6 Å². The molecule has 0 spiro atoms. The molecule has 0 atom stereocenters. The molecule has 4 rings (SSSR count). The van der Waals surface area contributed by atoms with Gasteiger partial charge in [-0.1, -0.05) is 19.1 Å². The van der Waals surface area contributed by atoms with Gasteiger partial charge in [0, 0.05) is 24.8 Å². The lowest BCUT2D eigenvalue weighted by atomic mass is 10.2. The molecular weight excluding hydrogens is 473 g/mol. The number of nitrogens with one attached hydrogen (secondary N) is 2. The number of halogens is 1. The molecule has 1 aliphatic rings. The van der Waals surface area contributed by atoms with Crippen molar-refractivity contribution in [2.45, 2.75) is 18.7 Å². The maximum Gasteiger partial charge on any atom is 0.229 e. The van der Waals surface area contributed by atoms with Gasteiger partial charge in [0.2, 0.25) is 5.95 Å². The average Bonchev–Trinajstić information content (AvgIpc) is 2.88. The lowest BCUT2D eigenvalue weighted by Crippen LogP contribution is -2.36. The third-order valence-corrected chi connectivity index (χ3v) is 7.27. The van der Waals surface area contributed by atoms with Gasteiger partial charge in [0.25, 0.3) is 0 Å². The highest BCUT2D eigenvalue weighted by Gasteiger charge is 2.19. The lowest BCUT2D eigenvalue weighted by Gasteiger charge is -2.29. The van der Waals surface area contributed by atoms with Gasteiger partial charge < -0.3 is 25.0 Å². The Morgan fingerprint density at radius 3 is 2.60 bits per heavy atom. The Morgan fingerprint density at radius 2 is 1.86 bits per heavy atom. The third-order valence-electron chi connectivity index (χ3n) is 5.49. The van der Waals surface area contributed by atoms with E-state index < -0.39 is 15.7 Å². The number of para-hydroxylation sites is 1. The van der Waals surface area contributed by atoms with Crippen LogP contribution >= 0.6 is 0 Å². The van der Waals surface area contributed by atoms with E-state index in [2.05, 4.69) is 25.5 Å². The topological polar surface area (TPSA) is 106 Å². The highest BCUT2D eigenvalue weighted by Crippen LogP contribution is 2.33. The standard InChI is InChI=1S/C24H28FN5O4S/c1-3-34-21-15-17(30-11-13-33-14-12-30)9-10-19(21)28-24-26-16-18(25)23(29-24)27-20-7-5-6-8-22(20)35(31,32)4-2/h5-10,15-16H,3-4,11-14H2,1-2H3,(H2,26,27,28,29). The largest absolute Gasteiger partial charge is 0.492 e. The first-order valence-electron chi connectivity index (χ1n) is 11.4. The van der Waals surface area contributed by atoms with Crippen molar-refractivity contribution in [1.29, 1.82) is 0 Å². The molecule has 186 valence electrons. The molecule has 11 heteroatoms. The quantitative estimate of drug-likeness (QED) is 0.448. The van der Waals surface area contributed by atoms with Gasteiger partial charge in [0.15, 0.2) is 21.5 Å². The summed E-state index contributed by atoms with van der Waals surface area (Å²) in [6, 6.07) is 12.1. The number of nitrogens with zero attached hydrogens (tertiary/aromatic N) is 3. The van der Waals surface area contributed by atoms with Crippen molar-refractivity contribution in [1.82, 2.24) is 9.97 Å². The van der Waals surface area contributed by atoms with E-state index in [9.17, 15) is 12.8 Å². The summed E-state index contributed by atoms with van der Waals surface area (Å²) in [5.41, 5.74) is 1.87. The SMILES string of the molecule is CCOc1cc(N2CCOCC2)ccc1Nc1ncc(F)c(Nc2ccccc2S(=O)(=O)CC)n1. The van der Waals surface area contributed by atoms with Gasteiger partial charge in [-0.05, 0) is 31.2 Å². The number of benzene rings is 2. The second-order valence-corrected chi connectivity index (χ2v) is 10.00. The van der Waals surface area contributed by atoms with Crippen molar-refractivity contribution in [3.05, 3.63) is 54.5 Å². The van der Waals surface area contributed by atoms with E-state index in [4.69, 9.17) is 9.47 Å². The summed E-state index contributed by atoms with van der Waals surface area (Å²) in [5, 5.41) is 5.89. The van der Waals surface area contributed by atoms with Crippen LogP contribution in [0.25, 0.3) is 0 Å². The number of sulfone groups is 1. The Bertz CT molecular complexity index is 1280.